The van der Waals surface area contributed by atoms with Crippen LogP contribution in [-0.4, -0.2) is 10.1 Å². The van der Waals surface area contributed by atoms with Gasteiger partial charge in [0.2, 0.25) is 0 Å². The first-order chi connectivity index (χ1) is 10.9. The summed E-state index contributed by atoms with van der Waals surface area (Å²) in [5.41, 5.74) is 5.39. The summed E-state index contributed by atoms with van der Waals surface area (Å²) < 4.78 is 43.1. The molecule has 1 aliphatic rings. The second kappa shape index (κ2) is 5.81. The second-order valence-electron chi connectivity index (χ2n) is 5.78. The number of nitrogens with zero attached hydrogens (tertiary/aromatic N) is 2. The summed E-state index contributed by atoms with van der Waals surface area (Å²) in [7, 11) is 0. The van der Waals surface area contributed by atoms with Crippen molar-refractivity contribution in [2.75, 3.05) is 0 Å². The fourth-order valence-electron chi connectivity index (χ4n) is 2.72. The predicted molar refractivity (Wildman–Crippen MR) is 79.0 cm³/mol. The molecular weight excluding hydrogens is 307 g/mol. The van der Waals surface area contributed by atoms with E-state index in [9.17, 15) is 13.2 Å². The van der Waals surface area contributed by atoms with Crippen LogP contribution in [0.15, 0.2) is 28.8 Å². The summed E-state index contributed by atoms with van der Waals surface area (Å²) >= 11 is 0. The van der Waals surface area contributed by atoms with E-state index in [2.05, 4.69) is 10.1 Å². The second-order valence-corrected chi connectivity index (χ2v) is 5.78. The summed E-state index contributed by atoms with van der Waals surface area (Å²) in [4.78, 5) is 4.24. The van der Waals surface area contributed by atoms with Gasteiger partial charge in [-0.05, 0) is 36.6 Å². The molecule has 0 aliphatic heterocycles. The van der Waals surface area contributed by atoms with Gasteiger partial charge < -0.3 is 10.3 Å². The molecule has 0 amide bonds. The van der Waals surface area contributed by atoms with Crippen molar-refractivity contribution in [1.29, 1.82) is 0 Å². The van der Waals surface area contributed by atoms with Gasteiger partial charge in [-0.3, -0.25) is 0 Å². The van der Waals surface area contributed by atoms with E-state index < -0.39 is 17.3 Å². The highest BCUT2D eigenvalue weighted by molar-refractivity contribution is 5.66. The summed E-state index contributed by atoms with van der Waals surface area (Å²) in [5.74, 6) is 0.688. The van der Waals surface area contributed by atoms with Crippen molar-refractivity contribution in [1.82, 2.24) is 10.1 Å². The average Bonchev–Trinajstić information content (AvgIpc) is 3.14. The number of halogens is 3. The van der Waals surface area contributed by atoms with Crippen LogP contribution >= 0.6 is 0 Å². The molecule has 23 heavy (non-hydrogen) atoms. The Labute approximate surface area is 131 Å². The molecule has 1 heterocycles. The van der Waals surface area contributed by atoms with Gasteiger partial charge in [0.25, 0.3) is 5.89 Å². The minimum Gasteiger partial charge on any atom is -0.335 e. The maximum absolute atomic E-state index is 12.7. The quantitative estimate of drug-likeness (QED) is 0.927. The normalized spacial score (nSPS) is 17.9. The highest BCUT2D eigenvalue weighted by atomic mass is 19.4. The van der Waals surface area contributed by atoms with Crippen molar-refractivity contribution in [2.45, 2.75) is 37.4 Å². The van der Waals surface area contributed by atoms with E-state index >= 15 is 0 Å². The van der Waals surface area contributed by atoms with Crippen molar-refractivity contribution in [2.24, 2.45) is 5.73 Å². The van der Waals surface area contributed by atoms with E-state index in [1.54, 1.807) is 6.07 Å². The van der Waals surface area contributed by atoms with Crippen LogP contribution in [0.1, 0.15) is 48.5 Å². The molecule has 3 rings (SSSR count). The fourth-order valence-corrected chi connectivity index (χ4v) is 2.72. The number of hydrogen-bond donors (Lipinski definition) is 1. The van der Waals surface area contributed by atoms with Crippen LogP contribution in [-0.2, 0) is 11.7 Å². The van der Waals surface area contributed by atoms with Gasteiger partial charge in [-0.15, -0.1) is 0 Å². The molecule has 1 aromatic heterocycles. The van der Waals surface area contributed by atoms with Crippen molar-refractivity contribution < 1.29 is 17.7 Å². The average molecular weight is 323 g/mol. The zero-order chi connectivity index (χ0) is 16.5. The molecule has 0 unspecified atom stereocenters. The minimum atomic E-state index is -4.37. The largest absolute Gasteiger partial charge is 0.416 e. The van der Waals surface area contributed by atoms with Crippen LogP contribution in [0.3, 0.4) is 0 Å². The van der Waals surface area contributed by atoms with Gasteiger partial charge in [0, 0.05) is 6.08 Å². The molecule has 1 fully saturated rings. The first-order valence-corrected chi connectivity index (χ1v) is 7.35. The van der Waals surface area contributed by atoms with Crippen LogP contribution in [0.4, 0.5) is 13.2 Å². The maximum atomic E-state index is 12.7. The molecule has 7 heteroatoms. The van der Waals surface area contributed by atoms with Gasteiger partial charge in [0.15, 0.2) is 5.82 Å². The van der Waals surface area contributed by atoms with E-state index in [-0.39, 0.29) is 5.89 Å². The number of rotatable bonds is 3. The highest BCUT2D eigenvalue weighted by Gasteiger charge is 2.35. The predicted octanol–water partition coefficient (Wildman–Crippen LogP) is 3.99. The lowest BCUT2D eigenvalue weighted by molar-refractivity contribution is -0.137. The monoisotopic (exact) mass is 323 g/mol. The van der Waals surface area contributed by atoms with E-state index in [0.29, 0.717) is 11.4 Å². The number of hydrogen-bond acceptors (Lipinski definition) is 4. The zero-order valence-electron chi connectivity index (χ0n) is 12.3. The van der Waals surface area contributed by atoms with Crippen LogP contribution in [0, 0.1) is 0 Å². The van der Waals surface area contributed by atoms with Crippen molar-refractivity contribution in [3.63, 3.8) is 0 Å². The van der Waals surface area contributed by atoms with Gasteiger partial charge in [0.1, 0.15) is 0 Å². The Kier molecular flexibility index (Phi) is 3.97. The first-order valence-electron chi connectivity index (χ1n) is 7.35. The van der Waals surface area contributed by atoms with Gasteiger partial charge in [-0.25, -0.2) is 0 Å². The molecule has 1 aliphatic carbocycles. The third kappa shape index (κ3) is 3.44. The Balaban J connectivity index is 1.77. The molecule has 4 nitrogen and oxygen atoms in total. The van der Waals surface area contributed by atoms with E-state index in [0.717, 1.165) is 37.8 Å². The molecule has 2 aromatic rings. The Bertz CT molecular complexity index is 715. The van der Waals surface area contributed by atoms with Gasteiger partial charge in [-0.1, -0.05) is 30.1 Å². The number of benzene rings is 1. The van der Waals surface area contributed by atoms with Gasteiger partial charge in [-0.2, -0.15) is 18.2 Å². The molecule has 122 valence electrons. The standard InChI is InChI=1S/C16H16F3N3O/c17-16(18,19)12-5-3-4-11(10-12)6-7-13-21-14(22-23-13)15(20)8-1-2-9-15/h3-7,10H,1-2,8-9,20H2/b7-6+. The van der Waals surface area contributed by atoms with Gasteiger partial charge in [0.05, 0.1) is 11.1 Å². The molecule has 1 aromatic carbocycles. The Morgan fingerprint density at radius 1 is 1.17 bits per heavy atom. The van der Waals surface area contributed by atoms with Crippen LogP contribution in [0.2, 0.25) is 0 Å². The Morgan fingerprint density at radius 3 is 2.61 bits per heavy atom. The lowest BCUT2D eigenvalue weighted by Crippen LogP contribution is -2.34. The summed E-state index contributed by atoms with van der Waals surface area (Å²) in [6, 6.07) is 5.02. The van der Waals surface area contributed by atoms with E-state index in [1.807, 2.05) is 0 Å². The maximum Gasteiger partial charge on any atom is 0.416 e. The minimum absolute atomic E-state index is 0.231. The van der Waals surface area contributed by atoms with Crippen LogP contribution in [0.5, 0.6) is 0 Å². The highest BCUT2D eigenvalue weighted by Crippen LogP contribution is 2.34. The Morgan fingerprint density at radius 2 is 1.91 bits per heavy atom. The molecule has 0 atom stereocenters. The van der Waals surface area contributed by atoms with Crippen LogP contribution in [0.25, 0.3) is 12.2 Å². The van der Waals surface area contributed by atoms with Crippen molar-refractivity contribution >= 4 is 12.2 Å². The number of aromatic nitrogens is 2. The zero-order valence-corrected chi connectivity index (χ0v) is 12.3. The third-order valence-electron chi connectivity index (χ3n) is 4.02. The van der Waals surface area contributed by atoms with E-state index in [4.69, 9.17) is 10.3 Å². The van der Waals surface area contributed by atoms with Crippen molar-refractivity contribution in [3.05, 3.63) is 47.1 Å². The summed E-state index contributed by atoms with van der Waals surface area (Å²) in [6.45, 7) is 0. The smallest absolute Gasteiger partial charge is 0.335 e. The lowest BCUT2D eigenvalue weighted by atomic mass is 9.99. The topological polar surface area (TPSA) is 64.9 Å². The molecule has 0 radical (unpaired) electrons. The third-order valence-corrected chi connectivity index (χ3v) is 4.02. The van der Waals surface area contributed by atoms with Gasteiger partial charge >= 0.3 is 6.18 Å². The van der Waals surface area contributed by atoms with E-state index in [1.165, 1.54) is 18.2 Å². The summed E-state index contributed by atoms with van der Waals surface area (Å²) in [6.07, 6.45) is 2.30. The fraction of sp³-hybridized carbons (Fsp3) is 0.375. The van der Waals surface area contributed by atoms with Crippen LogP contribution < -0.4 is 5.73 Å². The van der Waals surface area contributed by atoms with Crippen molar-refractivity contribution in [3.8, 4) is 0 Å². The SMILES string of the molecule is NC1(c2noc(/C=C/c3cccc(C(F)(F)F)c3)n2)CCCC1. The lowest BCUT2D eigenvalue weighted by Gasteiger charge is -2.17. The summed E-state index contributed by atoms with van der Waals surface area (Å²) in [5, 5.41) is 3.90. The first kappa shape index (κ1) is 15.7. The molecule has 0 bridgehead atoms. The Hall–Kier alpha value is -2.15. The molecule has 0 saturated heterocycles. The molecule has 1 saturated carbocycles. The number of nitrogens with two attached hydrogens (primary N) is 1. The molecular formula is C16H16F3N3O. The molecule has 2 N–H and O–H groups in total. The molecule has 0 spiro atoms. The number of alkyl halides is 3.